The molecule has 0 saturated carbocycles. The molecule has 2 unspecified atom stereocenters. The molecule has 1 heterocycles. The summed E-state index contributed by atoms with van der Waals surface area (Å²) in [4.78, 5) is 0. The van der Waals surface area contributed by atoms with Gasteiger partial charge in [0.1, 0.15) is 7.28 Å². The predicted octanol–water partition coefficient (Wildman–Crippen LogP) is 3.30. The van der Waals surface area contributed by atoms with Crippen molar-refractivity contribution in [2.75, 3.05) is 17.3 Å². The minimum absolute atomic E-state index is 0.876. The lowest BCUT2D eigenvalue weighted by molar-refractivity contribution is 0.897. The quantitative estimate of drug-likeness (QED) is 0.649. The van der Waals surface area contributed by atoms with Crippen LogP contribution in [0.25, 0.3) is 0 Å². The van der Waals surface area contributed by atoms with Gasteiger partial charge in [-0.3, -0.25) is 0 Å². The number of thioether (sulfide) groups is 2. The first-order chi connectivity index (χ1) is 6.18. The van der Waals surface area contributed by atoms with Crippen LogP contribution in [-0.4, -0.2) is 29.8 Å². The molecule has 1 aliphatic rings. The predicted molar refractivity (Wildman–Crippen MR) is 69.9 cm³/mol. The van der Waals surface area contributed by atoms with Crippen LogP contribution < -0.4 is 0 Å². The fourth-order valence-electron chi connectivity index (χ4n) is 1.73. The minimum atomic E-state index is 0.876. The molecule has 1 aliphatic heterocycles. The topological polar surface area (TPSA) is 0 Å². The summed E-state index contributed by atoms with van der Waals surface area (Å²) in [5, 5.41) is 0.891. The molecular formula is C10H21BS2. The van der Waals surface area contributed by atoms with Crippen molar-refractivity contribution < 1.29 is 0 Å². The Morgan fingerprint density at radius 3 is 2.77 bits per heavy atom. The van der Waals surface area contributed by atoms with E-state index < -0.39 is 0 Å². The Kier molecular flexibility index (Phi) is 5.72. The molecule has 1 saturated heterocycles. The molecule has 0 aliphatic carbocycles. The van der Waals surface area contributed by atoms with Crippen LogP contribution in [0.2, 0.25) is 11.6 Å². The number of hydrogen-bond donors (Lipinski definition) is 0. The van der Waals surface area contributed by atoms with Crippen molar-refractivity contribution in [1.29, 1.82) is 0 Å². The van der Waals surface area contributed by atoms with E-state index in [0.717, 1.165) is 16.9 Å². The van der Waals surface area contributed by atoms with Crippen LogP contribution in [0.4, 0.5) is 0 Å². The smallest absolute Gasteiger partial charge is 0.129 e. The molecule has 13 heavy (non-hydrogen) atoms. The molecule has 76 valence electrons. The van der Waals surface area contributed by atoms with Gasteiger partial charge in [-0.05, 0) is 29.5 Å². The highest BCUT2D eigenvalue weighted by Gasteiger charge is 2.17. The molecule has 0 aromatic rings. The van der Waals surface area contributed by atoms with Crippen molar-refractivity contribution in [1.82, 2.24) is 0 Å². The number of hydrogen-bond acceptors (Lipinski definition) is 2. The highest BCUT2D eigenvalue weighted by atomic mass is 32.2. The second-order valence-corrected chi connectivity index (χ2v) is 7.12. The lowest BCUT2D eigenvalue weighted by atomic mass is 9.57. The first-order valence-corrected chi connectivity index (χ1v) is 7.58. The SMILES string of the molecule is CC(C)BC1CSCCC(C)SC1. The van der Waals surface area contributed by atoms with Crippen molar-refractivity contribution >= 4 is 30.8 Å². The molecule has 0 radical (unpaired) electrons. The van der Waals surface area contributed by atoms with Crippen molar-refractivity contribution in [2.24, 2.45) is 0 Å². The van der Waals surface area contributed by atoms with E-state index in [-0.39, 0.29) is 0 Å². The van der Waals surface area contributed by atoms with Crippen LogP contribution in [0.5, 0.6) is 0 Å². The summed E-state index contributed by atoms with van der Waals surface area (Å²) in [7, 11) is 1.42. The summed E-state index contributed by atoms with van der Waals surface area (Å²) >= 11 is 4.36. The lowest BCUT2D eigenvalue weighted by Crippen LogP contribution is -2.16. The van der Waals surface area contributed by atoms with Gasteiger partial charge in [-0.1, -0.05) is 26.6 Å². The van der Waals surface area contributed by atoms with Gasteiger partial charge in [-0.15, -0.1) is 0 Å². The Bertz CT molecular complexity index is 139. The fourth-order valence-corrected chi connectivity index (χ4v) is 4.45. The second kappa shape index (κ2) is 6.29. The molecule has 0 spiro atoms. The van der Waals surface area contributed by atoms with Crippen LogP contribution in [-0.2, 0) is 0 Å². The third kappa shape index (κ3) is 5.26. The molecule has 0 amide bonds. The Morgan fingerprint density at radius 1 is 1.31 bits per heavy atom. The van der Waals surface area contributed by atoms with Gasteiger partial charge in [-0.25, -0.2) is 0 Å². The molecule has 0 aromatic carbocycles. The van der Waals surface area contributed by atoms with Gasteiger partial charge in [0, 0.05) is 5.25 Å². The maximum absolute atomic E-state index is 2.38. The summed E-state index contributed by atoms with van der Waals surface area (Å²) in [5.41, 5.74) is 0. The number of rotatable bonds is 2. The molecular weight excluding hydrogens is 195 g/mol. The van der Waals surface area contributed by atoms with E-state index in [1.165, 1.54) is 31.0 Å². The fraction of sp³-hybridized carbons (Fsp3) is 1.00. The van der Waals surface area contributed by atoms with Crippen molar-refractivity contribution in [3.8, 4) is 0 Å². The average molecular weight is 216 g/mol. The van der Waals surface area contributed by atoms with Crippen LogP contribution in [0.15, 0.2) is 0 Å². The van der Waals surface area contributed by atoms with Crippen molar-refractivity contribution in [3.05, 3.63) is 0 Å². The van der Waals surface area contributed by atoms with Gasteiger partial charge in [-0.2, -0.15) is 23.5 Å². The van der Waals surface area contributed by atoms with Crippen LogP contribution in [0, 0.1) is 0 Å². The van der Waals surface area contributed by atoms with Crippen molar-refractivity contribution in [2.45, 2.75) is 44.1 Å². The Labute approximate surface area is 92.3 Å². The summed E-state index contributed by atoms with van der Waals surface area (Å²) in [6.07, 6.45) is 1.41. The maximum Gasteiger partial charge on any atom is 0.129 e. The first kappa shape index (κ1) is 11.8. The second-order valence-electron chi connectivity index (χ2n) is 4.50. The van der Waals surface area contributed by atoms with Crippen LogP contribution in [0.3, 0.4) is 0 Å². The van der Waals surface area contributed by atoms with Crippen LogP contribution in [0.1, 0.15) is 27.2 Å². The van der Waals surface area contributed by atoms with E-state index in [2.05, 4.69) is 44.3 Å². The molecule has 3 heteroatoms. The third-order valence-electron chi connectivity index (χ3n) is 2.44. The largest absolute Gasteiger partial charge is 0.162 e. The van der Waals surface area contributed by atoms with E-state index in [1.807, 2.05) is 0 Å². The summed E-state index contributed by atoms with van der Waals surface area (Å²) < 4.78 is 0. The van der Waals surface area contributed by atoms with Gasteiger partial charge in [0.05, 0.1) is 0 Å². The molecule has 1 fully saturated rings. The molecule has 0 N–H and O–H groups in total. The van der Waals surface area contributed by atoms with E-state index in [9.17, 15) is 0 Å². The average Bonchev–Trinajstić information content (AvgIpc) is 2.03. The van der Waals surface area contributed by atoms with Gasteiger partial charge >= 0.3 is 0 Å². The summed E-state index contributed by atoms with van der Waals surface area (Å²) in [6, 6.07) is 0. The zero-order chi connectivity index (χ0) is 9.68. The third-order valence-corrected chi connectivity index (χ3v) is 5.14. The summed E-state index contributed by atoms with van der Waals surface area (Å²) in [6.45, 7) is 7.07. The van der Waals surface area contributed by atoms with Crippen molar-refractivity contribution in [3.63, 3.8) is 0 Å². The zero-order valence-corrected chi connectivity index (χ0v) is 10.7. The Morgan fingerprint density at radius 2 is 2.08 bits per heavy atom. The van der Waals surface area contributed by atoms with Gasteiger partial charge in [0.15, 0.2) is 0 Å². The standard InChI is InChI=1S/C10H21BS2/c1-8(2)11-10-6-12-5-4-9(3)13-7-10/h8-11H,4-7H2,1-3H3. The molecule has 0 nitrogen and oxygen atoms in total. The molecule has 1 rings (SSSR count). The highest BCUT2D eigenvalue weighted by molar-refractivity contribution is 8.01. The lowest BCUT2D eigenvalue weighted by Gasteiger charge is -2.22. The highest BCUT2D eigenvalue weighted by Crippen LogP contribution is 2.29. The van der Waals surface area contributed by atoms with E-state index >= 15 is 0 Å². The van der Waals surface area contributed by atoms with Crippen LogP contribution >= 0.6 is 23.5 Å². The van der Waals surface area contributed by atoms with Gasteiger partial charge < -0.3 is 0 Å². The van der Waals surface area contributed by atoms with E-state index in [4.69, 9.17) is 0 Å². The zero-order valence-electron chi connectivity index (χ0n) is 9.08. The normalized spacial score (nSPS) is 31.1. The Balaban J connectivity index is 2.28. The maximum atomic E-state index is 2.38. The molecule has 0 aromatic heterocycles. The Hall–Kier alpha value is 0.765. The monoisotopic (exact) mass is 216 g/mol. The molecule has 0 bridgehead atoms. The first-order valence-electron chi connectivity index (χ1n) is 5.38. The van der Waals surface area contributed by atoms with Gasteiger partial charge in [0.25, 0.3) is 0 Å². The summed E-state index contributed by atoms with van der Waals surface area (Å²) in [5.74, 6) is 6.02. The molecule has 2 atom stereocenters. The van der Waals surface area contributed by atoms with E-state index in [1.54, 1.807) is 0 Å². The minimum Gasteiger partial charge on any atom is -0.162 e. The van der Waals surface area contributed by atoms with Gasteiger partial charge in [0.2, 0.25) is 0 Å². The van der Waals surface area contributed by atoms with E-state index in [0.29, 0.717) is 0 Å².